The lowest BCUT2D eigenvalue weighted by Crippen LogP contribution is -2.02. The van der Waals surface area contributed by atoms with Gasteiger partial charge >= 0.3 is 0 Å². The molecule has 0 radical (unpaired) electrons. The van der Waals surface area contributed by atoms with Crippen molar-refractivity contribution in [3.8, 4) is 11.3 Å². The highest BCUT2D eigenvalue weighted by Gasteiger charge is 2.22. The third kappa shape index (κ3) is 2.13. The topological polar surface area (TPSA) is 29.9 Å². The van der Waals surface area contributed by atoms with Gasteiger partial charge in [-0.2, -0.15) is 5.10 Å². The predicted molar refractivity (Wildman–Crippen MR) is 74.8 cm³/mol. The molecule has 3 nitrogen and oxygen atoms in total. The molecule has 1 N–H and O–H groups in total. The third-order valence-electron chi connectivity index (χ3n) is 3.47. The molecule has 0 bridgehead atoms. The van der Waals surface area contributed by atoms with E-state index in [-0.39, 0.29) is 0 Å². The monoisotopic (exact) mass is 241 g/mol. The molecule has 18 heavy (non-hydrogen) atoms. The summed E-state index contributed by atoms with van der Waals surface area (Å²) in [6.45, 7) is 4.28. The zero-order chi connectivity index (χ0) is 12.7. The number of hydrogen-bond donors (Lipinski definition) is 1. The van der Waals surface area contributed by atoms with Gasteiger partial charge in [-0.15, -0.1) is 0 Å². The van der Waals surface area contributed by atoms with Crippen LogP contribution >= 0.6 is 0 Å². The highest BCUT2D eigenvalue weighted by Crippen LogP contribution is 2.29. The quantitative estimate of drug-likeness (QED) is 0.893. The minimum absolute atomic E-state index is 0.645. The highest BCUT2D eigenvalue weighted by molar-refractivity contribution is 5.67. The van der Waals surface area contributed by atoms with Gasteiger partial charge in [0, 0.05) is 24.7 Å². The summed E-state index contributed by atoms with van der Waals surface area (Å²) >= 11 is 0. The summed E-state index contributed by atoms with van der Waals surface area (Å²) in [6.07, 6.45) is 2.55. The van der Waals surface area contributed by atoms with Crippen LogP contribution in [0.3, 0.4) is 0 Å². The molecule has 0 atom stereocenters. The average molecular weight is 241 g/mol. The normalized spacial score (nSPS) is 14.8. The van der Waals surface area contributed by atoms with Crippen LogP contribution in [0.4, 0.5) is 5.82 Å². The maximum absolute atomic E-state index is 4.54. The highest BCUT2D eigenvalue weighted by atomic mass is 15.3. The van der Waals surface area contributed by atoms with Crippen molar-refractivity contribution in [2.45, 2.75) is 32.7 Å². The second kappa shape index (κ2) is 4.16. The van der Waals surface area contributed by atoms with Gasteiger partial charge in [0.1, 0.15) is 5.82 Å². The van der Waals surface area contributed by atoms with Crippen LogP contribution in [0.15, 0.2) is 24.3 Å². The van der Waals surface area contributed by atoms with Gasteiger partial charge in [-0.1, -0.05) is 23.8 Å². The lowest BCUT2D eigenvalue weighted by atomic mass is 10.0. The van der Waals surface area contributed by atoms with Crippen LogP contribution in [-0.2, 0) is 7.05 Å². The minimum atomic E-state index is 0.645. The molecular weight excluding hydrogens is 222 g/mol. The molecule has 1 fully saturated rings. The smallest absolute Gasteiger partial charge is 0.148 e. The number of anilines is 1. The molecule has 1 saturated carbocycles. The first-order chi connectivity index (χ1) is 8.63. The molecule has 1 aliphatic rings. The van der Waals surface area contributed by atoms with E-state index in [1.165, 1.54) is 35.2 Å². The van der Waals surface area contributed by atoms with E-state index in [0.717, 1.165) is 5.82 Å². The summed E-state index contributed by atoms with van der Waals surface area (Å²) in [5.74, 6) is 0.995. The zero-order valence-electron chi connectivity index (χ0n) is 11.2. The SMILES string of the molecule is Cc1ccc(-c2cc(NC3CC3)nn2C)c(C)c1. The minimum Gasteiger partial charge on any atom is -0.366 e. The van der Waals surface area contributed by atoms with Gasteiger partial charge in [-0.25, -0.2) is 0 Å². The number of aryl methyl sites for hydroxylation is 3. The summed E-state index contributed by atoms with van der Waals surface area (Å²) in [4.78, 5) is 0. The maximum atomic E-state index is 4.54. The van der Waals surface area contributed by atoms with Crippen LogP contribution in [0.25, 0.3) is 11.3 Å². The molecule has 1 aromatic heterocycles. The standard InChI is InChI=1S/C15H19N3/c1-10-4-7-13(11(2)8-10)14-9-15(17-18(14)3)16-12-5-6-12/h4,7-9,12H,5-6H2,1-3H3,(H,16,17). The van der Waals surface area contributed by atoms with Crippen LogP contribution in [0.5, 0.6) is 0 Å². The van der Waals surface area contributed by atoms with E-state index in [2.05, 4.69) is 48.5 Å². The van der Waals surface area contributed by atoms with Crippen molar-refractivity contribution >= 4 is 5.82 Å². The Morgan fingerprint density at radius 1 is 1.22 bits per heavy atom. The summed E-state index contributed by atoms with van der Waals surface area (Å²) < 4.78 is 1.96. The molecule has 3 heteroatoms. The number of aromatic nitrogens is 2. The van der Waals surface area contributed by atoms with Crippen LogP contribution in [0.2, 0.25) is 0 Å². The van der Waals surface area contributed by atoms with E-state index in [4.69, 9.17) is 0 Å². The summed E-state index contributed by atoms with van der Waals surface area (Å²) in [7, 11) is 2.01. The Morgan fingerprint density at radius 3 is 2.67 bits per heavy atom. The fourth-order valence-corrected chi connectivity index (χ4v) is 2.33. The summed E-state index contributed by atoms with van der Waals surface area (Å²) in [5, 5.41) is 7.98. The second-order valence-corrected chi connectivity index (χ2v) is 5.28. The van der Waals surface area contributed by atoms with Crippen molar-refractivity contribution in [3.05, 3.63) is 35.4 Å². The second-order valence-electron chi connectivity index (χ2n) is 5.28. The number of benzene rings is 1. The maximum Gasteiger partial charge on any atom is 0.148 e. The Kier molecular flexibility index (Phi) is 2.62. The summed E-state index contributed by atoms with van der Waals surface area (Å²) in [5.41, 5.74) is 5.04. The Morgan fingerprint density at radius 2 is 2.00 bits per heavy atom. The van der Waals surface area contributed by atoms with E-state index in [1.54, 1.807) is 0 Å². The van der Waals surface area contributed by atoms with E-state index in [9.17, 15) is 0 Å². The lowest BCUT2D eigenvalue weighted by molar-refractivity contribution is 0.775. The van der Waals surface area contributed by atoms with Crippen LogP contribution < -0.4 is 5.32 Å². The van der Waals surface area contributed by atoms with Gasteiger partial charge in [0.05, 0.1) is 5.69 Å². The van der Waals surface area contributed by atoms with Crippen molar-refractivity contribution in [2.75, 3.05) is 5.32 Å². The molecular formula is C15H19N3. The van der Waals surface area contributed by atoms with Crippen molar-refractivity contribution in [2.24, 2.45) is 7.05 Å². The largest absolute Gasteiger partial charge is 0.366 e. The first kappa shape index (κ1) is 11.3. The molecule has 0 aliphatic heterocycles. The number of hydrogen-bond acceptors (Lipinski definition) is 2. The molecule has 3 rings (SSSR count). The van der Waals surface area contributed by atoms with Crippen molar-refractivity contribution < 1.29 is 0 Å². The molecule has 1 aliphatic carbocycles. The van der Waals surface area contributed by atoms with Crippen LogP contribution in [0.1, 0.15) is 24.0 Å². The molecule has 0 spiro atoms. The molecule has 0 saturated heterocycles. The lowest BCUT2D eigenvalue weighted by Gasteiger charge is -2.06. The van der Waals surface area contributed by atoms with Gasteiger partial charge in [-0.05, 0) is 32.3 Å². The fraction of sp³-hybridized carbons (Fsp3) is 0.400. The molecule has 94 valence electrons. The van der Waals surface area contributed by atoms with E-state index in [1.807, 2.05) is 11.7 Å². The number of rotatable bonds is 3. The first-order valence-electron chi connectivity index (χ1n) is 6.51. The number of nitrogens with one attached hydrogen (secondary N) is 1. The molecule has 0 unspecified atom stereocenters. The van der Waals surface area contributed by atoms with E-state index in [0.29, 0.717) is 6.04 Å². The van der Waals surface area contributed by atoms with Gasteiger partial charge in [-0.3, -0.25) is 4.68 Å². The van der Waals surface area contributed by atoms with Gasteiger partial charge < -0.3 is 5.32 Å². The first-order valence-corrected chi connectivity index (χ1v) is 6.51. The molecule has 1 aromatic carbocycles. The molecule has 2 aromatic rings. The molecule has 0 amide bonds. The van der Waals surface area contributed by atoms with Gasteiger partial charge in [0.15, 0.2) is 0 Å². The Hall–Kier alpha value is -1.77. The molecule has 1 heterocycles. The van der Waals surface area contributed by atoms with Gasteiger partial charge in [0.25, 0.3) is 0 Å². The van der Waals surface area contributed by atoms with Crippen LogP contribution in [0, 0.1) is 13.8 Å². The third-order valence-corrected chi connectivity index (χ3v) is 3.47. The Bertz CT molecular complexity index is 579. The average Bonchev–Trinajstić information content (AvgIpc) is 3.03. The Balaban J connectivity index is 1.96. The summed E-state index contributed by atoms with van der Waals surface area (Å²) in [6, 6.07) is 9.35. The van der Waals surface area contributed by atoms with Gasteiger partial charge in [0.2, 0.25) is 0 Å². The van der Waals surface area contributed by atoms with Crippen molar-refractivity contribution in [1.82, 2.24) is 9.78 Å². The van der Waals surface area contributed by atoms with E-state index >= 15 is 0 Å². The van der Waals surface area contributed by atoms with Crippen molar-refractivity contribution in [3.63, 3.8) is 0 Å². The number of nitrogens with zero attached hydrogens (tertiary/aromatic N) is 2. The predicted octanol–water partition coefficient (Wildman–Crippen LogP) is 3.28. The fourth-order valence-electron chi connectivity index (χ4n) is 2.33. The zero-order valence-corrected chi connectivity index (χ0v) is 11.2. The van der Waals surface area contributed by atoms with Crippen molar-refractivity contribution in [1.29, 1.82) is 0 Å². The van der Waals surface area contributed by atoms with E-state index < -0.39 is 0 Å². The Labute approximate surface area is 108 Å². The van der Waals surface area contributed by atoms with Crippen LogP contribution in [-0.4, -0.2) is 15.8 Å².